The Kier molecular flexibility index (Phi) is 4.61. The first-order chi connectivity index (χ1) is 9.61. The molecule has 0 spiro atoms. The highest BCUT2D eigenvalue weighted by Crippen LogP contribution is 2.33. The second-order valence-electron chi connectivity index (χ2n) is 5.04. The van der Waals surface area contributed by atoms with Crippen molar-refractivity contribution in [1.29, 1.82) is 0 Å². The molecule has 1 aromatic rings. The Labute approximate surface area is 119 Å². The lowest BCUT2D eigenvalue weighted by Gasteiger charge is -2.18. The van der Waals surface area contributed by atoms with E-state index in [1.807, 2.05) is 44.2 Å². The van der Waals surface area contributed by atoms with Crippen molar-refractivity contribution in [3.63, 3.8) is 0 Å². The highest BCUT2D eigenvalue weighted by atomic mass is 16.5. The van der Waals surface area contributed by atoms with Gasteiger partial charge in [-0.1, -0.05) is 30.4 Å². The van der Waals surface area contributed by atoms with Gasteiger partial charge >= 0.3 is 5.97 Å². The number of hydrogen-bond donors (Lipinski definition) is 0. The first-order valence-electron chi connectivity index (χ1n) is 6.86. The Morgan fingerprint density at radius 1 is 1.15 bits per heavy atom. The Balaban J connectivity index is 2.27. The van der Waals surface area contributed by atoms with E-state index < -0.39 is 0 Å². The highest BCUT2D eigenvalue weighted by molar-refractivity contribution is 5.90. The first-order valence-corrected chi connectivity index (χ1v) is 6.86. The van der Waals surface area contributed by atoms with Crippen molar-refractivity contribution in [2.75, 3.05) is 7.11 Å². The molecule has 1 aromatic carbocycles. The van der Waals surface area contributed by atoms with Gasteiger partial charge in [0.15, 0.2) is 0 Å². The van der Waals surface area contributed by atoms with Gasteiger partial charge in [-0.15, -0.1) is 0 Å². The monoisotopic (exact) mass is 272 g/mol. The SMILES string of the molecule is COC(=O)C1=CC=C(c2ccccc2OC(C)C)CC1. The third kappa shape index (κ3) is 3.29. The van der Waals surface area contributed by atoms with Gasteiger partial charge in [0.1, 0.15) is 5.75 Å². The third-order valence-corrected chi connectivity index (χ3v) is 3.19. The number of carbonyl (C=O) groups is 1. The van der Waals surface area contributed by atoms with Gasteiger partial charge in [0.2, 0.25) is 0 Å². The predicted octanol–water partition coefficient (Wildman–Crippen LogP) is 3.75. The lowest BCUT2D eigenvalue weighted by atomic mass is 9.93. The Hall–Kier alpha value is -2.03. The van der Waals surface area contributed by atoms with Gasteiger partial charge in [-0.05, 0) is 38.3 Å². The Morgan fingerprint density at radius 2 is 1.90 bits per heavy atom. The van der Waals surface area contributed by atoms with Crippen molar-refractivity contribution >= 4 is 11.5 Å². The standard InChI is InChI=1S/C17H20O3/c1-12(2)20-16-7-5-4-6-15(16)13-8-10-14(11-9-13)17(18)19-3/h4-8,10,12H,9,11H2,1-3H3. The fourth-order valence-electron chi connectivity index (χ4n) is 2.25. The quantitative estimate of drug-likeness (QED) is 0.783. The number of hydrogen-bond acceptors (Lipinski definition) is 3. The van der Waals surface area contributed by atoms with E-state index in [1.165, 1.54) is 12.7 Å². The van der Waals surface area contributed by atoms with Gasteiger partial charge in [-0.3, -0.25) is 0 Å². The van der Waals surface area contributed by atoms with Crippen LogP contribution in [-0.4, -0.2) is 19.2 Å². The zero-order valence-corrected chi connectivity index (χ0v) is 12.2. The minimum Gasteiger partial charge on any atom is -0.490 e. The van der Waals surface area contributed by atoms with Crippen LogP contribution in [-0.2, 0) is 9.53 Å². The average Bonchev–Trinajstić information content (AvgIpc) is 2.46. The van der Waals surface area contributed by atoms with E-state index in [-0.39, 0.29) is 12.1 Å². The maximum absolute atomic E-state index is 11.5. The predicted molar refractivity (Wildman–Crippen MR) is 79.5 cm³/mol. The summed E-state index contributed by atoms with van der Waals surface area (Å²) in [5.41, 5.74) is 3.01. The lowest BCUT2D eigenvalue weighted by Crippen LogP contribution is -2.09. The highest BCUT2D eigenvalue weighted by Gasteiger charge is 2.16. The van der Waals surface area contributed by atoms with Crippen LogP contribution in [0.5, 0.6) is 5.75 Å². The minimum absolute atomic E-state index is 0.140. The van der Waals surface area contributed by atoms with Gasteiger partial charge < -0.3 is 9.47 Å². The fourth-order valence-corrected chi connectivity index (χ4v) is 2.25. The summed E-state index contributed by atoms with van der Waals surface area (Å²) in [4.78, 5) is 11.5. The summed E-state index contributed by atoms with van der Waals surface area (Å²) < 4.78 is 10.6. The maximum Gasteiger partial charge on any atom is 0.333 e. The van der Waals surface area contributed by atoms with E-state index in [9.17, 15) is 4.79 Å². The zero-order valence-electron chi connectivity index (χ0n) is 12.2. The molecule has 0 fully saturated rings. The maximum atomic E-state index is 11.5. The van der Waals surface area contributed by atoms with Crippen LogP contribution in [0.4, 0.5) is 0 Å². The summed E-state index contributed by atoms with van der Waals surface area (Å²) in [7, 11) is 1.41. The molecule has 3 heteroatoms. The normalized spacial score (nSPS) is 14.6. The second kappa shape index (κ2) is 6.42. The van der Waals surface area contributed by atoms with E-state index in [1.54, 1.807) is 0 Å². The minimum atomic E-state index is -0.244. The number of esters is 1. The first kappa shape index (κ1) is 14.4. The molecule has 0 bridgehead atoms. The molecular formula is C17H20O3. The van der Waals surface area contributed by atoms with Crippen molar-refractivity contribution in [1.82, 2.24) is 0 Å². The summed E-state index contributed by atoms with van der Waals surface area (Å²) >= 11 is 0. The van der Waals surface area contributed by atoms with Crippen LogP contribution in [0.25, 0.3) is 5.57 Å². The molecule has 1 aliphatic rings. The van der Waals surface area contributed by atoms with Crippen LogP contribution in [0.1, 0.15) is 32.3 Å². The van der Waals surface area contributed by atoms with E-state index in [0.717, 1.165) is 23.3 Å². The molecule has 0 saturated carbocycles. The van der Waals surface area contributed by atoms with Crippen molar-refractivity contribution in [3.05, 3.63) is 47.6 Å². The average molecular weight is 272 g/mol. The van der Waals surface area contributed by atoms with Gasteiger partial charge in [-0.25, -0.2) is 4.79 Å². The van der Waals surface area contributed by atoms with Gasteiger partial charge in [0.05, 0.1) is 13.2 Å². The molecule has 0 unspecified atom stereocenters. The molecule has 20 heavy (non-hydrogen) atoms. The number of benzene rings is 1. The number of carbonyl (C=O) groups excluding carboxylic acids is 1. The summed E-state index contributed by atoms with van der Waals surface area (Å²) in [6, 6.07) is 8.01. The zero-order chi connectivity index (χ0) is 14.5. The van der Waals surface area contributed by atoms with E-state index in [2.05, 4.69) is 6.07 Å². The molecule has 106 valence electrons. The van der Waals surface area contributed by atoms with E-state index in [0.29, 0.717) is 6.42 Å². The van der Waals surface area contributed by atoms with Crippen LogP contribution in [0.3, 0.4) is 0 Å². The molecule has 0 heterocycles. The molecule has 0 N–H and O–H groups in total. The van der Waals surface area contributed by atoms with Crippen molar-refractivity contribution in [2.45, 2.75) is 32.8 Å². The second-order valence-corrected chi connectivity index (χ2v) is 5.04. The summed E-state index contributed by atoms with van der Waals surface area (Å²) in [5.74, 6) is 0.649. The molecule has 0 atom stereocenters. The van der Waals surface area contributed by atoms with Gasteiger partial charge in [0, 0.05) is 11.1 Å². The van der Waals surface area contributed by atoms with E-state index >= 15 is 0 Å². The molecule has 2 rings (SSSR count). The Morgan fingerprint density at radius 3 is 2.50 bits per heavy atom. The molecule has 0 saturated heterocycles. The molecule has 0 radical (unpaired) electrons. The third-order valence-electron chi connectivity index (χ3n) is 3.19. The largest absolute Gasteiger partial charge is 0.490 e. The molecule has 1 aliphatic carbocycles. The van der Waals surface area contributed by atoms with Crippen LogP contribution in [0.15, 0.2) is 42.0 Å². The summed E-state index contributed by atoms with van der Waals surface area (Å²) in [5, 5.41) is 0. The van der Waals surface area contributed by atoms with Crippen molar-refractivity contribution in [3.8, 4) is 5.75 Å². The molecule has 0 amide bonds. The smallest absolute Gasteiger partial charge is 0.333 e. The van der Waals surface area contributed by atoms with Crippen molar-refractivity contribution in [2.24, 2.45) is 0 Å². The molecule has 3 nitrogen and oxygen atoms in total. The number of para-hydroxylation sites is 1. The fraction of sp³-hybridized carbons (Fsp3) is 0.353. The number of methoxy groups -OCH3 is 1. The van der Waals surface area contributed by atoms with Crippen LogP contribution in [0.2, 0.25) is 0 Å². The molecular weight excluding hydrogens is 252 g/mol. The van der Waals surface area contributed by atoms with Gasteiger partial charge in [-0.2, -0.15) is 0 Å². The number of ether oxygens (including phenoxy) is 2. The summed E-state index contributed by atoms with van der Waals surface area (Å²) in [6.07, 6.45) is 5.49. The van der Waals surface area contributed by atoms with Gasteiger partial charge in [0.25, 0.3) is 0 Å². The van der Waals surface area contributed by atoms with Crippen molar-refractivity contribution < 1.29 is 14.3 Å². The number of rotatable bonds is 4. The summed E-state index contributed by atoms with van der Waals surface area (Å²) in [6.45, 7) is 4.03. The van der Waals surface area contributed by atoms with Crippen LogP contribution >= 0.6 is 0 Å². The topological polar surface area (TPSA) is 35.5 Å². The number of allylic oxidation sites excluding steroid dienone is 3. The van der Waals surface area contributed by atoms with Crippen LogP contribution in [0, 0.1) is 0 Å². The molecule has 0 aromatic heterocycles. The van der Waals surface area contributed by atoms with E-state index in [4.69, 9.17) is 9.47 Å². The van der Waals surface area contributed by atoms with Crippen LogP contribution < -0.4 is 4.74 Å². The Bertz CT molecular complexity index is 553. The molecule has 0 aliphatic heterocycles. The lowest BCUT2D eigenvalue weighted by molar-refractivity contribution is -0.136.